The number of rotatable bonds is 6. The lowest BCUT2D eigenvalue weighted by atomic mass is 9.97. The Morgan fingerprint density at radius 2 is 1.96 bits per heavy atom. The van der Waals surface area contributed by atoms with E-state index >= 15 is 0 Å². The number of halogens is 3. The zero-order valence-corrected chi connectivity index (χ0v) is 15.6. The molecule has 0 saturated carbocycles. The first-order valence-corrected chi connectivity index (χ1v) is 9.05. The molecule has 1 N–H and O–H groups in total. The Labute approximate surface area is 149 Å². The Morgan fingerprint density at radius 3 is 2.56 bits per heavy atom. The van der Waals surface area contributed by atoms with Gasteiger partial charge in [-0.2, -0.15) is 13.2 Å². The molecule has 25 heavy (non-hydrogen) atoms. The maximum atomic E-state index is 13.0. The maximum Gasteiger partial charge on any atom is 0.418 e. The Hall–Kier alpha value is -1.76. The van der Waals surface area contributed by atoms with Gasteiger partial charge in [0.15, 0.2) is 0 Å². The highest BCUT2D eigenvalue weighted by Crippen LogP contribution is 2.35. The van der Waals surface area contributed by atoms with Crippen LogP contribution in [0.15, 0.2) is 23.8 Å². The summed E-state index contributed by atoms with van der Waals surface area (Å²) in [6, 6.07) is 1.81. The lowest BCUT2D eigenvalue weighted by molar-refractivity contribution is -0.138. The molecular weight excluding hydrogens is 349 g/mol. The van der Waals surface area contributed by atoms with E-state index in [1.54, 1.807) is 11.3 Å². The van der Waals surface area contributed by atoms with E-state index in [-0.39, 0.29) is 17.9 Å². The molecule has 0 radical (unpaired) electrons. The molecule has 0 aliphatic heterocycles. The third kappa shape index (κ3) is 5.11. The van der Waals surface area contributed by atoms with E-state index in [0.717, 1.165) is 17.5 Å². The number of thiophene rings is 1. The van der Waals surface area contributed by atoms with Gasteiger partial charge in [0, 0.05) is 24.3 Å². The minimum absolute atomic E-state index is 0.0143. The van der Waals surface area contributed by atoms with E-state index in [2.05, 4.69) is 26.1 Å². The van der Waals surface area contributed by atoms with Crippen molar-refractivity contribution in [1.82, 2.24) is 4.57 Å². The van der Waals surface area contributed by atoms with Gasteiger partial charge in [-0.15, -0.1) is 11.3 Å². The summed E-state index contributed by atoms with van der Waals surface area (Å²) in [5.74, 6) is 0.380. The second-order valence-electron chi connectivity index (χ2n) is 6.81. The second-order valence-corrected chi connectivity index (χ2v) is 7.76. The van der Waals surface area contributed by atoms with Gasteiger partial charge in [0.1, 0.15) is 0 Å². The van der Waals surface area contributed by atoms with Crippen molar-refractivity contribution in [1.29, 1.82) is 0 Å². The van der Waals surface area contributed by atoms with Crippen LogP contribution in [0.3, 0.4) is 0 Å². The van der Waals surface area contributed by atoms with E-state index in [1.807, 2.05) is 11.4 Å². The highest BCUT2D eigenvalue weighted by molar-refractivity contribution is 7.10. The molecule has 0 saturated heterocycles. The van der Waals surface area contributed by atoms with Crippen LogP contribution < -0.4 is 5.32 Å². The first-order chi connectivity index (χ1) is 11.6. The van der Waals surface area contributed by atoms with Gasteiger partial charge >= 0.3 is 6.18 Å². The summed E-state index contributed by atoms with van der Waals surface area (Å²) in [5, 5.41) is 4.67. The summed E-state index contributed by atoms with van der Waals surface area (Å²) in [4.78, 5) is 13.3. The van der Waals surface area contributed by atoms with Crippen molar-refractivity contribution in [3.8, 4) is 0 Å². The predicted octanol–water partition coefficient (Wildman–Crippen LogP) is 5.44. The van der Waals surface area contributed by atoms with Crippen LogP contribution in [0.2, 0.25) is 0 Å². The van der Waals surface area contributed by atoms with Crippen LogP contribution in [0.25, 0.3) is 0 Å². The molecule has 2 rings (SSSR count). The van der Waals surface area contributed by atoms with Crippen molar-refractivity contribution in [2.45, 2.75) is 45.7 Å². The largest absolute Gasteiger partial charge is 0.418 e. The lowest BCUT2D eigenvalue weighted by Gasteiger charge is -2.15. The number of anilines is 1. The van der Waals surface area contributed by atoms with Crippen LogP contribution >= 0.6 is 11.3 Å². The third-order valence-electron chi connectivity index (χ3n) is 3.94. The molecule has 2 aromatic rings. The lowest BCUT2D eigenvalue weighted by Crippen LogP contribution is -2.17. The molecule has 3 nitrogen and oxygen atoms in total. The Kier molecular flexibility index (Phi) is 5.98. The Balaban J connectivity index is 2.11. The third-order valence-corrected chi connectivity index (χ3v) is 5.08. The van der Waals surface area contributed by atoms with Crippen molar-refractivity contribution in [3.63, 3.8) is 0 Å². The SMILES string of the molecule is CC(C)CC(C)c1sccc1NC(=O)Cc1cn(C)cc1C(F)(F)F. The second kappa shape index (κ2) is 7.64. The number of amides is 1. The molecule has 2 aromatic heterocycles. The number of aryl methyl sites for hydroxylation is 1. The summed E-state index contributed by atoms with van der Waals surface area (Å²) >= 11 is 1.56. The summed E-state index contributed by atoms with van der Waals surface area (Å²) in [6.07, 6.45) is -1.43. The van der Waals surface area contributed by atoms with Crippen LogP contribution in [0.4, 0.5) is 18.9 Å². The average molecular weight is 372 g/mol. The van der Waals surface area contributed by atoms with Gasteiger partial charge in [-0.1, -0.05) is 20.8 Å². The van der Waals surface area contributed by atoms with Crippen molar-refractivity contribution in [3.05, 3.63) is 39.8 Å². The molecule has 7 heteroatoms. The number of alkyl halides is 3. The fourth-order valence-electron chi connectivity index (χ4n) is 3.02. The maximum absolute atomic E-state index is 13.0. The number of aromatic nitrogens is 1. The molecular formula is C18H23F3N2OS. The van der Waals surface area contributed by atoms with Crippen molar-refractivity contribution in [2.75, 3.05) is 5.32 Å². The molecule has 0 aliphatic carbocycles. The molecule has 1 atom stereocenters. The van der Waals surface area contributed by atoms with Crippen molar-refractivity contribution >= 4 is 22.9 Å². The first kappa shape index (κ1) is 19.6. The van der Waals surface area contributed by atoms with Gasteiger partial charge in [-0.25, -0.2) is 0 Å². The monoisotopic (exact) mass is 372 g/mol. The smallest absolute Gasteiger partial charge is 0.356 e. The van der Waals surface area contributed by atoms with Crippen LogP contribution in [-0.2, 0) is 24.4 Å². The molecule has 0 bridgehead atoms. The minimum Gasteiger partial charge on any atom is -0.356 e. The number of nitrogens with zero attached hydrogens (tertiary/aromatic N) is 1. The normalized spacial score (nSPS) is 13.3. The van der Waals surface area contributed by atoms with Gasteiger partial charge in [0.05, 0.1) is 17.7 Å². The molecule has 1 unspecified atom stereocenters. The fraction of sp³-hybridized carbons (Fsp3) is 0.500. The zero-order valence-electron chi connectivity index (χ0n) is 14.8. The molecule has 0 aliphatic rings. The van der Waals surface area contributed by atoms with Gasteiger partial charge < -0.3 is 9.88 Å². The number of hydrogen-bond acceptors (Lipinski definition) is 2. The number of nitrogens with one attached hydrogen (secondary N) is 1. The summed E-state index contributed by atoms with van der Waals surface area (Å²) in [7, 11) is 1.52. The van der Waals surface area contributed by atoms with Crippen LogP contribution in [0.5, 0.6) is 0 Å². The number of carbonyl (C=O) groups is 1. The van der Waals surface area contributed by atoms with Crippen LogP contribution in [0, 0.1) is 5.92 Å². The van der Waals surface area contributed by atoms with E-state index in [1.165, 1.54) is 17.8 Å². The van der Waals surface area contributed by atoms with Gasteiger partial charge in [0.25, 0.3) is 0 Å². The van der Waals surface area contributed by atoms with Gasteiger partial charge in [-0.3, -0.25) is 4.79 Å². The predicted molar refractivity (Wildman–Crippen MR) is 94.9 cm³/mol. The highest BCUT2D eigenvalue weighted by atomic mass is 32.1. The fourth-order valence-corrected chi connectivity index (χ4v) is 3.95. The van der Waals surface area contributed by atoms with Gasteiger partial charge in [-0.05, 0) is 35.3 Å². The highest BCUT2D eigenvalue weighted by Gasteiger charge is 2.35. The minimum atomic E-state index is -4.46. The molecule has 2 heterocycles. The van der Waals surface area contributed by atoms with Crippen LogP contribution in [-0.4, -0.2) is 10.5 Å². The standard InChI is InChI=1S/C18H23F3N2OS/c1-11(2)7-12(3)17-15(5-6-25-17)22-16(24)8-13-9-23(4)10-14(13)18(19,20)21/h5-6,9-12H,7-8H2,1-4H3,(H,22,24). The first-order valence-electron chi connectivity index (χ1n) is 8.17. The van der Waals surface area contributed by atoms with Crippen molar-refractivity contribution < 1.29 is 18.0 Å². The summed E-state index contributed by atoms with van der Waals surface area (Å²) in [6.45, 7) is 6.37. The van der Waals surface area contributed by atoms with E-state index in [0.29, 0.717) is 11.6 Å². The summed E-state index contributed by atoms with van der Waals surface area (Å²) in [5.41, 5.74) is -0.0731. The summed E-state index contributed by atoms with van der Waals surface area (Å²) < 4.78 is 40.4. The molecule has 1 amide bonds. The molecule has 0 spiro atoms. The Morgan fingerprint density at radius 1 is 1.28 bits per heavy atom. The van der Waals surface area contributed by atoms with Crippen LogP contribution in [0.1, 0.15) is 49.1 Å². The van der Waals surface area contributed by atoms with E-state index in [9.17, 15) is 18.0 Å². The van der Waals surface area contributed by atoms with E-state index in [4.69, 9.17) is 0 Å². The molecule has 0 aromatic carbocycles. The average Bonchev–Trinajstić information content (AvgIpc) is 3.04. The molecule has 138 valence electrons. The number of carbonyl (C=O) groups excluding carboxylic acids is 1. The Bertz CT molecular complexity index is 731. The quantitative estimate of drug-likeness (QED) is 0.720. The topological polar surface area (TPSA) is 34.0 Å². The number of hydrogen-bond donors (Lipinski definition) is 1. The van der Waals surface area contributed by atoms with Crippen molar-refractivity contribution in [2.24, 2.45) is 13.0 Å². The zero-order chi connectivity index (χ0) is 18.8. The van der Waals surface area contributed by atoms with Gasteiger partial charge in [0.2, 0.25) is 5.91 Å². The van der Waals surface area contributed by atoms with E-state index < -0.39 is 17.6 Å². The molecule has 0 fully saturated rings.